The van der Waals surface area contributed by atoms with Crippen LogP contribution in [-0.4, -0.2) is 0 Å². The van der Waals surface area contributed by atoms with Crippen molar-refractivity contribution in [3.05, 3.63) is 65.2 Å². The van der Waals surface area contributed by atoms with E-state index in [1.165, 1.54) is 46.7 Å². The van der Waals surface area contributed by atoms with Gasteiger partial charge in [-0.05, 0) is 19.3 Å². The SMILES string of the molecule is Cc1[cH-]c2cc3c(cc2c1-c1ccccc1)CCC3.[Li+]. The van der Waals surface area contributed by atoms with Crippen LogP contribution in [0.2, 0.25) is 0 Å². The van der Waals surface area contributed by atoms with Gasteiger partial charge in [0.05, 0.1) is 0 Å². The fourth-order valence-corrected chi connectivity index (χ4v) is 3.48. The standard InChI is InChI=1S/C19H17.Li/c1-13-10-17-11-15-8-5-9-16(15)12-18(17)19(13)14-6-3-2-4-7-14;/h2-4,6-7,10-12H,5,8-9H2,1H3;/q-1;+1. The van der Waals surface area contributed by atoms with Gasteiger partial charge in [-0.25, -0.2) is 0 Å². The Labute approximate surface area is 132 Å². The smallest absolute Gasteiger partial charge is 0.149 e. The molecule has 0 amide bonds. The van der Waals surface area contributed by atoms with E-state index in [1.54, 1.807) is 11.1 Å². The molecule has 0 nitrogen and oxygen atoms in total. The van der Waals surface area contributed by atoms with Crippen molar-refractivity contribution < 1.29 is 18.9 Å². The van der Waals surface area contributed by atoms with E-state index in [0.717, 1.165) is 0 Å². The molecule has 4 rings (SSSR count). The summed E-state index contributed by atoms with van der Waals surface area (Å²) in [6, 6.07) is 18.0. The molecule has 1 aliphatic rings. The summed E-state index contributed by atoms with van der Waals surface area (Å²) >= 11 is 0. The van der Waals surface area contributed by atoms with E-state index in [-0.39, 0.29) is 18.9 Å². The van der Waals surface area contributed by atoms with Gasteiger partial charge in [0.15, 0.2) is 0 Å². The molecule has 0 atom stereocenters. The van der Waals surface area contributed by atoms with Gasteiger partial charge in [-0.1, -0.05) is 53.9 Å². The second-order valence-electron chi connectivity index (χ2n) is 5.63. The molecule has 0 saturated carbocycles. The predicted molar refractivity (Wildman–Crippen MR) is 81.7 cm³/mol. The summed E-state index contributed by atoms with van der Waals surface area (Å²) in [5.41, 5.74) is 7.29. The summed E-state index contributed by atoms with van der Waals surface area (Å²) in [5.74, 6) is 0. The first-order valence-electron chi connectivity index (χ1n) is 7.10. The molecular weight excluding hydrogens is 235 g/mol. The molecule has 20 heavy (non-hydrogen) atoms. The minimum Gasteiger partial charge on any atom is -0.149 e. The largest absolute Gasteiger partial charge is 1.00 e. The van der Waals surface area contributed by atoms with Gasteiger partial charge in [0, 0.05) is 0 Å². The molecule has 0 N–H and O–H groups in total. The zero-order chi connectivity index (χ0) is 12.8. The number of rotatable bonds is 1. The van der Waals surface area contributed by atoms with Crippen molar-refractivity contribution >= 4 is 10.8 Å². The number of benzene rings is 2. The molecule has 1 aliphatic carbocycles. The van der Waals surface area contributed by atoms with Gasteiger partial charge < -0.3 is 0 Å². The van der Waals surface area contributed by atoms with Crippen LogP contribution in [-0.2, 0) is 12.8 Å². The van der Waals surface area contributed by atoms with Crippen LogP contribution in [0.25, 0.3) is 21.9 Å². The Morgan fingerprint density at radius 2 is 1.65 bits per heavy atom. The van der Waals surface area contributed by atoms with Crippen LogP contribution in [0, 0.1) is 6.92 Å². The first-order valence-corrected chi connectivity index (χ1v) is 7.10. The summed E-state index contributed by atoms with van der Waals surface area (Å²) in [6.07, 6.45) is 3.83. The van der Waals surface area contributed by atoms with Gasteiger partial charge in [0.1, 0.15) is 0 Å². The fourth-order valence-electron chi connectivity index (χ4n) is 3.48. The Morgan fingerprint density at radius 1 is 0.950 bits per heavy atom. The maximum Gasteiger partial charge on any atom is 1.00 e. The van der Waals surface area contributed by atoms with Crippen molar-refractivity contribution in [3.8, 4) is 11.1 Å². The Kier molecular flexibility index (Phi) is 3.55. The van der Waals surface area contributed by atoms with E-state index in [9.17, 15) is 0 Å². The van der Waals surface area contributed by atoms with Crippen molar-refractivity contribution in [2.24, 2.45) is 0 Å². The minimum atomic E-state index is 0. The molecular formula is C19H17Li. The maximum atomic E-state index is 2.44. The third-order valence-corrected chi connectivity index (χ3v) is 4.36. The molecule has 0 bridgehead atoms. The van der Waals surface area contributed by atoms with E-state index in [1.807, 2.05) is 0 Å². The van der Waals surface area contributed by atoms with Crippen molar-refractivity contribution in [1.82, 2.24) is 0 Å². The number of fused-ring (bicyclic) bond motifs is 2. The zero-order valence-electron chi connectivity index (χ0n) is 12.2. The Balaban J connectivity index is 0.00000121. The molecule has 3 aromatic carbocycles. The molecule has 0 aliphatic heterocycles. The van der Waals surface area contributed by atoms with Gasteiger partial charge in [0.25, 0.3) is 0 Å². The normalized spacial score (nSPS) is 13.2. The third-order valence-electron chi connectivity index (χ3n) is 4.36. The van der Waals surface area contributed by atoms with Crippen LogP contribution < -0.4 is 18.9 Å². The molecule has 0 spiro atoms. The fraction of sp³-hybridized carbons (Fsp3) is 0.211. The summed E-state index contributed by atoms with van der Waals surface area (Å²) in [7, 11) is 0. The monoisotopic (exact) mass is 252 g/mol. The van der Waals surface area contributed by atoms with Gasteiger partial charge in [-0.15, -0.1) is 40.1 Å². The molecule has 0 heterocycles. The van der Waals surface area contributed by atoms with E-state index in [0.29, 0.717) is 0 Å². The van der Waals surface area contributed by atoms with Crippen molar-refractivity contribution in [3.63, 3.8) is 0 Å². The van der Waals surface area contributed by atoms with Crippen LogP contribution in [0.15, 0.2) is 48.5 Å². The molecule has 0 unspecified atom stereocenters. The molecule has 1 heteroatoms. The molecule has 0 radical (unpaired) electrons. The Hall–Kier alpha value is -1.35. The second kappa shape index (κ2) is 5.21. The second-order valence-corrected chi connectivity index (χ2v) is 5.63. The zero-order valence-corrected chi connectivity index (χ0v) is 12.2. The van der Waals surface area contributed by atoms with Crippen LogP contribution in [0.1, 0.15) is 23.1 Å². The summed E-state index contributed by atoms with van der Waals surface area (Å²) in [4.78, 5) is 0. The summed E-state index contributed by atoms with van der Waals surface area (Å²) < 4.78 is 0. The van der Waals surface area contributed by atoms with Gasteiger partial charge in [-0.3, -0.25) is 0 Å². The van der Waals surface area contributed by atoms with Crippen LogP contribution >= 0.6 is 0 Å². The molecule has 94 valence electrons. The maximum absolute atomic E-state index is 2.44. The average molecular weight is 252 g/mol. The molecule has 3 aromatic rings. The Bertz CT molecular complexity index is 750. The van der Waals surface area contributed by atoms with Crippen molar-refractivity contribution in [2.75, 3.05) is 0 Å². The third kappa shape index (κ3) is 2.04. The van der Waals surface area contributed by atoms with Gasteiger partial charge in [0.2, 0.25) is 0 Å². The van der Waals surface area contributed by atoms with E-state index < -0.39 is 0 Å². The molecule has 0 saturated heterocycles. The van der Waals surface area contributed by atoms with Crippen LogP contribution in [0.3, 0.4) is 0 Å². The van der Waals surface area contributed by atoms with E-state index in [2.05, 4.69) is 55.5 Å². The molecule has 0 fully saturated rings. The number of aryl methyl sites for hydroxylation is 3. The number of hydrogen-bond acceptors (Lipinski definition) is 0. The first-order chi connectivity index (χ1) is 9.33. The first kappa shape index (κ1) is 13.6. The number of hydrogen-bond donors (Lipinski definition) is 0. The van der Waals surface area contributed by atoms with Gasteiger partial charge >= 0.3 is 18.9 Å². The quantitative estimate of drug-likeness (QED) is 0.459. The average Bonchev–Trinajstić information content (AvgIpc) is 2.99. The van der Waals surface area contributed by atoms with E-state index >= 15 is 0 Å². The van der Waals surface area contributed by atoms with Crippen molar-refractivity contribution in [2.45, 2.75) is 26.2 Å². The van der Waals surface area contributed by atoms with Crippen molar-refractivity contribution in [1.29, 1.82) is 0 Å². The summed E-state index contributed by atoms with van der Waals surface area (Å²) in [5, 5.41) is 2.85. The summed E-state index contributed by atoms with van der Waals surface area (Å²) in [6.45, 7) is 2.23. The topological polar surface area (TPSA) is 0 Å². The molecule has 0 aromatic heterocycles. The van der Waals surface area contributed by atoms with Crippen LogP contribution in [0.5, 0.6) is 0 Å². The predicted octanol–water partition coefficient (Wildman–Crippen LogP) is 2.03. The van der Waals surface area contributed by atoms with Gasteiger partial charge in [-0.2, -0.15) is 0 Å². The minimum absolute atomic E-state index is 0. The van der Waals surface area contributed by atoms with Crippen LogP contribution in [0.4, 0.5) is 0 Å². The Morgan fingerprint density at radius 3 is 2.40 bits per heavy atom. The van der Waals surface area contributed by atoms with E-state index in [4.69, 9.17) is 0 Å².